The van der Waals surface area contributed by atoms with E-state index in [1.54, 1.807) is 0 Å². The monoisotopic (exact) mass is 254 g/mol. The molecule has 0 radical (unpaired) electrons. The molecule has 1 heterocycles. The van der Waals surface area contributed by atoms with Crippen LogP contribution in [0.5, 0.6) is 0 Å². The van der Waals surface area contributed by atoms with Crippen LogP contribution in [0.25, 0.3) is 0 Å². The molecule has 2 N–H and O–H groups in total. The minimum Gasteiger partial charge on any atom is -0.379 e. The zero-order valence-corrected chi connectivity index (χ0v) is 11.7. The number of ether oxygens (including phenoxy) is 1. The summed E-state index contributed by atoms with van der Waals surface area (Å²) in [5, 5.41) is 0. The van der Waals surface area contributed by atoms with Gasteiger partial charge in [0.2, 0.25) is 5.91 Å². The summed E-state index contributed by atoms with van der Waals surface area (Å²) < 4.78 is 5.37. The molecular weight excluding hydrogens is 228 g/mol. The highest BCUT2D eigenvalue weighted by molar-refractivity contribution is 5.83. The number of carbonyl (C=O) groups is 1. The van der Waals surface area contributed by atoms with Gasteiger partial charge in [-0.05, 0) is 38.0 Å². The molecule has 1 saturated carbocycles. The Labute approximate surface area is 110 Å². The molecule has 1 amide bonds. The van der Waals surface area contributed by atoms with Gasteiger partial charge in [0.15, 0.2) is 0 Å². The fourth-order valence-electron chi connectivity index (χ4n) is 3.19. The smallest absolute Gasteiger partial charge is 0.230 e. The first-order valence-corrected chi connectivity index (χ1v) is 7.14. The average Bonchev–Trinajstić information content (AvgIpc) is 2.92. The van der Waals surface area contributed by atoms with Gasteiger partial charge in [-0.1, -0.05) is 6.92 Å². The fraction of sp³-hybridized carbons (Fsp3) is 0.929. The van der Waals surface area contributed by atoms with Crippen molar-refractivity contribution in [2.75, 3.05) is 26.8 Å². The summed E-state index contributed by atoms with van der Waals surface area (Å²) in [6, 6.07) is 0.250. The lowest BCUT2D eigenvalue weighted by Gasteiger charge is -2.41. The molecule has 2 rings (SSSR count). The number of likely N-dealkylation sites (N-methyl/N-ethyl adjacent to an activating group) is 1. The van der Waals surface area contributed by atoms with Gasteiger partial charge in [-0.3, -0.25) is 4.79 Å². The second-order valence-electron chi connectivity index (χ2n) is 6.10. The van der Waals surface area contributed by atoms with E-state index in [9.17, 15) is 4.79 Å². The van der Waals surface area contributed by atoms with Crippen LogP contribution in [0.3, 0.4) is 0 Å². The zero-order valence-electron chi connectivity index (χ0n) is 11.7. The van der Waals surface area contributed by atoms with E-state index in [4.69, 9.17) is 10.5 Å². The number of amides is 1. The van der Waals surface area contributed by atoms with Crippen molar-refractivity contribution in [2.24, 2.45) is 17.1 Å². The number of hydrogen-bond acceptors (Lipinski definition) is 3. The predicted octanol–water partition coefficient (Wildman–Crippen LogP) is 1.39. The second kappa shape index (κ2) is 5.57. The summed E-state index contributed by atoms with van der Waals surface area (Å²) in [6.45, 7) is 4.20. The summed E-state index contributed by atoms with van der Waals surface area (Å²) >= 11 is 0. The largest absolute Gasteiger partial charge is 0.379 e. The van der Waals surface area contributed by atoms with E-state index in [-0.39, 0.29) is 17.4 Å². The van der Waals surface area contributed by atoms with Gasteiger partial charge in [0.05, 0.1) is 18.1 Å². The first-order valence-electron chi connectivity index (χ1n) is 7.14. The number of nitrogens with two attached hydrogens (primary N) is 1. The number of nitrogens with zero attached hydrogens (tertiary/aromatic N) is 1. The highest BCUT2D eigenvalue weighted by Crippen LogP contribution is 2.40. The van der Waals surface area contributed by atoms with Crippen LogP contribution in [0.4, 0.5) is 0 Å². The third kappa shape index (κ3) is 2.54. The Kier molecular flexibility index (Phi) is 4.28. The topological polar surface area (TPSA) is 55.6 Å². The van der Waals surface area contributed by atoms with Gasteiger partial charge in [-0.15, -0.1) is 0 Å². The summed E-state index contributed by atoms with van der Waals surface area (Å²) in [5.74, 6) is 0.977. The predicted molar refractivity (Wildman–Crippen MR) is 71.1 cm³/mol. The maximum atomic E-state index is 12.7. The average molecular weight is 254 g/mol. The van der Waals surface area contributed by atoms with Crippen LogP contribution in [0.2, 0.25) is 0 Å². The lowest BCUT2D eigenvalue weighted by Crippen LogP contribution is -2.51. The molecule has 2 fully saturated rings. The third-order valence-corrected chi connectivity index (χ3v) is 4.85. The van der Waals surface area contributed by atoms with Crippen molar-refractivity contribution in [3.8, 4) is 0 Å². The normalized spacial score (nSPS) is 36.6. The molecule has 2 aliphatic rings. The Bertz CT molecular complexity index is 292. The summed E-state index contributed by atoms with van der Waals surface area (Å²) in [5.41, 5.74) is 5.64. The molecule has 1 saturated heterocycles. The summed E-state index contributed by atoms with van der Waals surface area (Å²) in [4.78, 5) is 14.6. The second-order valence-corrected chi connectivity index (χ2v) is 6.10. The van der Waals surface area contributed by atoms with Crippen molar-refractivity contribution in [2.45, 2.75) is 45.1 Å². The van der Waals surface area contributed by atoms with Gasteiger partial charge >= 0.3 is 0 Å². The van der Waals surface area contributed by atoms with Crippen LogP contribution in [0.1, 0.15) is 39.0 Å². The molecule has 4 nitrogen and oxygen atoms in total. The molecule has 0 aromatic rings. The molecular formula is C14H26N2O2. The van der Waals surface area contributed by atoms with Crippen LogP contribution < -0.4 is 5.73 Å². The van der Waals surface area contributed by atoms with E-state index in [0.29, 0.717) is 13.2 Å². The van der Waals surface area contributed by atoms with Gasteiger partial charge in [-0.25, -0.2) is 0 Å². The zero-order chi connectivity index (χ0) is 13.2. The fourth-order valence-corrected chi connectivity index (χ4v) is 3.19. The molecule has 0 aromatic heterocycles. The SMILES string of the molecule is CC1CCC(CN)(C(=O)N(C)C2CCOC2)CC1. The van der Waals surface area contributed by atoms with Crippen LogP contribution >= 0.6 is 0 Å². The van der Waals surface area contributed by atoms with Crippen molar-refractivity contribution >= 4 is 5.91 Å². The number of carbonyl (C=O) groups excluding carboxylic acids is 1. The molecule has 0 spiro atoms. The molecule has 1 aliphatic carbocycles. The lowest BCUT2D eigenvalue weighted by molar-refractivity contribution is -0.145. The maximum absolute atomic E-state index is 12.7. The Balaban J connectivity index is 2.04. The highest BCUT2D eigenvalue weighted by atomic mass is 16.5. The Morgan fingerprint density at radius 3 is 2.56 bits per heavy atom. The molecule has 1 aliphatic heterocycles. The third-order valence-electron chi connectivity index (χ3n) is 4.85. The van der Waals surface area contributed by atoms with Gasteiger partial charge in [0, 0.05) is 20.2 Å². The Hall–Kier alpha value is -0.610. The van der Waals surface area contributed by atoms with Crippen molar-refractivity contribution in [1.82, 2.24) is 4.90 Å². The maximum Gasteiger partial charge on any atom is 0.230 e. The van der Waals surface area contributed by atoms with E-state index < -0.39 is 0 Å². The van der Waals surface area contributed by atoms with E-state index in [2.05, 4.69) is 6.92 Å². The van der Waals surface area contributed by atoms with E-state index >= 15 is 0 Å². The molecule has 1 atom stereocenters. The summed E-state index contributed by atoms with van der Waals surface area (Å²) in [7, 11) is 1.91. The van der Waals surface area contributed by atoms with E-state index in [1.165, 1.54) is 0 Å². The minimum atomic E-state index is -0.302. The van der Waals surface area contributed by atoms with Crippen molar-refractivity contribution in [3.63, 3.8) is 0 Å². The Morgan fingerprint density at radius 2 is 2.06 bits per heavy atom. The number of rotatable bonds is 3. The lowest BCUT2D eigenvalue weighted by atomic mass is 9.70. The van der Waals surface area contributed by atoms with Gasteiger partial charge < -0.3 is 15.4 Å². The first kappa shape index (κ1) is 13.8. The molecule has 0 aromatic carbocycles. The van der Waals surface area contributed by atoms with Crippen molar-refractivity contribution in [1.29, 1.82) is 0 Å². The Morgan fingerprint density at radius 1 is 1.39 bits per heavy atom. The standard InChI is InChI=1S/C14H26N2O2/c1-11-3-6-14(10-15,7-4-11)13(17)16(2)12-5-8-18-9-12/h11-12H,3-10,15H2,1-2H3. The van der Waals surface area contributed by atoms with Crippen LogP contribution in [0, 0.1) is 11.3 Å². The van der Waals surface area contributed by atoms with Crippen molar-refractivity contribution < 1.29 is 9.53 Å². The van der Waals surface area contributed by atoms with Crippen LogP contribution in [0.15, 0.2) is 0 Å². The molecule has 18 heavy (non-hydrogen) atoms. The molecule has 1 unspecified atom stereocenters. The molecule has 104 valence electrons. The summed E-state index contributed by atoms with van der Waals surface area (Å²) in [6.07, 6.45) is 5.10. The first-order chi connectivity index (χ1) is 8.59. The number of hydrogen-bond donors (Lipinski definition) is 1. The highest BCUT2D eigenvalue weighted by Gasteiger charge is 2.43. The quantitative estimate of drug-likeness (QED) is 0.828. The van der Waals surface area contributed by atoms with Gasteiger partial charge in [0.25, 0.3) is 0 Å². The molecule has 4 heteroatoms. The minimum absolute atomic E-state index is 0.243. The van der Waals surface area contributed by atoms with E-state index in [1.807, 2.05) is 11.9 Å². The van der Waals surface area contributed by atoms with Crippen molar-refractivity contribution in [3.05, 3.63) is 0 Å². The van der Waals surface area contributed by atoms with Gasteiger partial charge in [-0.2, -0.15) is 0 Å². The van der Waals surface area contributed by atoms with E-state index in [0.717, 1.165) is 44.6 Å². The van der Waals surface area contributed by atoms with Crippen LogP contribution in [-0.2, 0) is 9.53 Å². The van der Waals surface area contributed by atoms with Crippen LogP contribution in [-0.4, -0.2) is 43.7 Å². The molecule has 0 bridgehead atoms. The van der Waals surface area contributed by atoms with Gasteiger partial charge in [0.1, 0.15) is 0 Å².